The average Bonchev–Trinajstić information content (AvgIpc) is 2.63. The maximum Gasteiger partial charge on any atom is 0.319 e. The first-order chi connectivity index (χ1) is 12.1. The van der Waals surface area contributed by atoms with Crippen LogP contribution < -0.4 is 16.0 Å². The van der Waals surface area contributed by atoms with Crippen molar-refractivity contribution in [2.75, 3.05) is 13.1 Å². The number of hydrogen-bond acceptors (Lipinski definition) is 2. The van der Waals surface area contributed by atoms with E-state index in [-0.39, 0.29) is 5.91 Å². The van der Waals surface area contributed by atoms with E-state index < -0.39 is 12.1 Å². The molecule has 0 saturated heterocycles. The highest BCUT2D eigenvalue weighted by Gasteiger charge is 2.33. The Labute approximate surface area is 147 Å². The van der Waals surface area contributed by atoms with Crippen LogP contribution in [0, 0.1) is 0 Å². The molecule has 0 bridgehead atoms. The number of carbonyl (C=O) groups is 2. The third-order valence-electron chi connectivity index (χ3n) is 4.52. The van der Waals surface area contributed by atoms with Gasteiger partial charge in [0.2, 0.25) is 0 Å². The van der Waals surface area contributed by atoms with Crippen molar-refractivity contribution in [2.45, 2.75) is 12.5 Å². The quantitative estimate of drug-likeness (QED) is 0.787. The van der Waals surface area contributed by atoms with Crippen molar-refractivity contribution in [1.29, 1.82) is 0 Å². The van der Waals surface area contributed by atoms with Gasteiger partial charge < -0.3 is 10.6 Å². The number of primary amides is 1. The molecule has 2 aromatic rings. The smallest absolute Gasteiger partial charge is 0.319 e. The summed E-state index contributed by atoms with van der Waals surface area (Å²) in [5.74, 6) is -0.356. The molecule has 3 rings (SSSR count). The predicted molar refractivity (Wildman–Crippen MR) is 96.6 cm³/mol. The van der Waals surface area contributed by atoms with Crippen molar-refractivity contribution in [3.8, 4) is 0 Å². The molecule has 1 heterocycles. The third kappa shape index (κ3) is 4.14. The van der Waals surface area contributed by atoms with Gasteiger partial charge in [0, 0.05) is 12.0 Å². The highest BCUT2D eigenvalue weighted by atomic mass is 16.2. The molecule has 2 atom stereocenters. The van der Waals surface area contributed by atoms with Gasteiger partial charge in [-0.2, -0.15) is 0 Å². The molecule has 5 nitrogen and oxygen atoms in total. The van der Waals surface area contributed by atoms with Gasteiger partial charge in [0.05, 0.1) is 13.1 Å². The Morgan fingerprint density at radius 3 is 2.20 bits per heavy atom. The third-order valence-corrected chi connectivity index (χ3v) is 4.52. The summed E-state index contributed by atoms with van der Waals surface area (Å²) in [6.07, 6.45) is 3.06. The molecule has 128 valence electrons. The van der Waals surface area contributed by atoms with Gasteiger partial charge in [-0.05, 0) is 17.2 Å². The van der Waals surface area contributed by atoms with Crippen molar-refractivity contribution >= 4 is 17.5 Å². The van der Waals surface area contributed by atoms with Crippen LogP contribution in [0.5, 0.6) is 0 Å². The lowest BCUT2D eigenvalue weighted by atomic mass is 9.96. The number of quaternary nitrogens is 1. The van der Waals surface area contributed by atoms with E-state index in [1.165, 1.54) is 11.1 Å². The van der Waals surface area contributed by atoms with Crippen molar-refractivity contribution in [1.82, 2.24) is 5.32 Å². The number of nitrogens with one attached hydrogen (secondary N) is 2. The number of hydrogen-bond donors (Lipinski definition) is 3. The monoisotopic (exact) mass is 336 g/mol. The standard InChI is InChI=1S/C20H21N3O2/c21-20(25)22-19(24)18(17-9-5-2-6-10-17)23-13-11-16(12-14-23)15-7-3-1-4-8-15/h1-11,18H,12-14H2,(H3,21,22,24,25)/p+1/t18-/m0/s1. The summed E-state index contributed by atoms with van der Waals surface area (Å²) in [6, 6.07) is 18.5. The zero-order chi connectivity index (χ0) is 17.6. The van der Waals surface area contributed by atoms with Crippen LogP contribution in [0.25, 0.3) is 5.57 Å². The van der Waals surface area contributed by atoms with Crippen LogP contribution in [0.15, 0.2) is 66.7 Å². The Morgan fingerprint density at radius 2 is 1.64 bits per heavy atom. The van der Waals surface area contributed by atoms with Crippen LogP contribution in [-0.4, -0.2) is 25.0 Å². The Hall–Kier alpha value is -2.92. The van der Waals surface area contributed by atoms with Gasteiger partial charge in [-0.1, -0.05) is 60.7 Å². The first-order valence-corrected chi connectivity index (χ1v) is 8.39. The second-order valence-electron chi connectivity index (χ2n) is 6.15. The molecule has 0 radical (unpaired) electrons. The molecular formula is C20H22N3O2+. The molecule has 5 heteroatoms. The molecule has 25 heavy (non-hydrogen) atoms. The molecule has 4 N–H and O–H groups in total. The van der Waals surface area contributed by atoms with Gasteiger partial charge >= 0.3 is 6.03 Å². The van der Waals surface area contributed by atoms with E-state index in [4.69, 9.17) is 5.73 Å². The summed E-state index contributed by atoms with van der Waals surface area (Å²) >= 11 is 0. The maximum atomic E-state index is 12.6. The first kappa shape index (κ1) is 16.9. The number of urea groups is 1. The van der Waals surface area contributed by atoms with Crippen LogP contribution in [-0.2, 0) is 4.79 Å². The minimum Gasteiger partial charge on any atom is -0.351 e. The molecule has 0 aromatic heterocycles. The Balaban J connectivity index is 1.82. The Morgan fingerprint density at radius 1 is 1.00 bits per heavy atom. The minimum absolute atomic E-state index is 0.356. The summed E-state index contributed by atoms with van der Waals surface area (Å²) in [7, 11) is 0. The predicted octanol–water partition coefficient (Wildman–Crippen LogP) is 1.29. The topological polar surface area (TPSA) is 76.6 Å². The number of nitrogens with two attached hydrogens (primary N) is 1. The van der Waals surface area contributed by atoms with Gasteiger partial charge in [0.1, 0.15) is 0 Å². The molecule has 0 spiro atoms. The molecule has 0 aliphatic carbocycles. The second kappa shape index (κ2) is 7.77. The molecule has 1 unspecified atom stereocenters. The first-order valence-electron chi connectivity index (χ1n) is 8.39. The van der Waals surface area contributed by atoms with Gasteiger partial charge in [-0.3, -0.25) is 10.1 Å². The van der Waals surface area contributed by atoms with Gasteiger partial charge in [-0.15, -0.1) is 0 Å². The zero-order valence-corrected chi connectivity index (χ0v) is 13.9. The lowest BCUT2D eigenvalue weighted by molar-refractivity contribution is -0.917. The SMILES string of the molecule is NC(=O)NC(=O)[C@H](c1ccccc1)[NH+]1CC=C(c2ccccc2)CC1. The molecule has 0 fully saturated rings. The van der Waals surface area contributed by atoms with E-state index >= 15 is 0 Å². The summed E-state index contributed by atoms with van der Waals surface area (Å²) in [6.45, 7) is 1.53. The summed E-state index contributed by atoms with van der Waals surface area (Å²) in [5, 5.41) is 2.24. The summed E-state index contributed by atoms with van der Waals surface area (Å²) in [4.78, 5) is 24.8. The van der Waals surface area contributed by atoms with Crippen molar-refractivity contribution in [2.24, 2.45) is 5.73 Å². The molecule has 3 amide bonds. The Kier molecular flexibility index (Phi) is 5.26. The van der Waals surface area contributed by atoms with Gasteiger partial charge in [0.25, 0.3) is 5.91 Å². The molecular weight excluding hydrogens is 314 g/mol. The molecule has 1 aliphatic rings. The van der Waals surface area contributed by atoms with Crippen LogP contribution in [0.3, 0.4) is 0 Å². The fourth-order valence-corrected chi connectivity index (χ4v) is 3.34. The van der Waals surface area contributed by atoms with E-state index in [9.17, 15) is 9.59 Å². The minimum atomic E-state index is -0.817. The van der Waals surface area contributed by atoms with Crippen molar-refractivity contribution < 1.29 is 14.5 Å². The van der Waals surface area contributed by atoms with Crippen LogP contribution >= 0.6 is 0 Å². The van der Waals surface area contributed by atoms with E-state index in [0.717, 1.165) is 30.0 Å². The largest absolute Gasteiger partial charge is 0.351 e. The van der Waals surface area contributed by atoms with Crippen LogP contribution in [0.1, 0.15) is 23.6 Å². The lowest BCUT2D eigenvalue weighted by Crippen LogP contribution is -3.13. The number of amides is 3. The van der Waals surface area contributed by atoms with E-state index in [1.54, 1.807) is 0 Å². The normalized spacial score (nSPS) is 18.1. The Bertz CT molecular complexity index is 772. The van der Waals surface area contributed by atoms with Crippen LogP contribution in [0.4, 0.5) is 4.79 Å². The van der Waals surface area contributed by atoms with Gasteiger partial charge in [-0.25, -0.2) is 4.79 Å². The highest BCUT2D eigenvalue weighted by molar-refractivity contribution is 5.96. The fraction of sp³-hybridized carbons (Fsp3) is 0.200. The fourth-order valence-electron chi connectivity index (χ4n) is 3.34. The number of benzene rings is 2. The maximum absolute atomic E-state index is 12.6. The van der Waals surface area contributed by atoms with Crippen LogP contribution in [0.2, 0.25) is 0 Å². The summed E-state index contributed by atoms with van der Waals surface area (Å²) in [5.41, 5.74) is 8.55. The molecule has 1 aliphatic heterocycles. The average molecular weight is 336 g/mol. The molecule has 2 aromatic carbocycles. The van der Waals surface area contributed by atoms with Gasteiger partial charge in [0.15, 0.2) is 6.04 Å². The summed E-state index contributed by atoms with van der Waals surface area (Å²) < 4.78 is 0. The van der Waals surface area contributed by atoms with E-state index in [1.807, 2.05) is 48.5 Å². The van der Waals surface area contributed by atoms with Crippen molar-refractivity contribution in [3.05, 3.63) is 77.9 Å². The lowest BCUT2D eigenvalue weighted by Gasteiger charge is -2.30. The second-order valence-corrected chi connectivity index (χ2v) is 6.15. The number of imide groups is 1. The number of rotatable bonds is 4. The highest BCUT2D eigenvalue weighted by Crippen LogP contribution is 2.19. The van der Waals surface area contributed by atoms with E-state index in [0.29, 0.717) is 0 Å². The van der Waals surface area contributed by atoms with Crippen molar-refractivity contribution in [3.63, 3.8) is 0 Å². The zero-order valence-electron chi connectivity index (χ0n) is 13.9. The van der Waals surface area contributed by atoms with E-state index in [2.05, 4.69) is 23.5 Å². The molecule has 0 saturated carbocycles. The number of carbonyl (C=O) groups excluding carboxylic acids is 2.